The van der Waals surface area contributed by atoms with Gasteiger partial charge in [0.15, 0.2) is 11.6 Å². The maximum absolute atomic E-state index is 13.4. The van der Waals surface area contributed by atoms with Gasteiger partial charge in [-0.3, -0.25) is 0 Å². The molecule has 102 valence electrons. The van der Waals surface area contributed by atoms with Gasteiger partial charge < -0.3 is 5.32 Å². The maximum Gasteiger partial charge on any atom is 0.159 e. The molecule has 1 aromatic heterocycles. The largest absolute Gasteiger partial charge is 0.306 e. The molecule has 0 aliphatic heterocycles. The van der Waals surface area contributed by atoms with E-state index in [-0.39, 0.29) is 6.04 Å². The van der Waals surface area contributed by atoms with Gasteiger partial charge in [-0.25, -0.2) is 8.78 Å². The monoisotopic (exact) mass is 345 g/mol. The number of hydrogen-bond acceptors (Lipinski definition) is 2. The first-order chi connectivity index (χ1) is 9.13. The topological polar surface area (TPSA) is 12.0 Å². The van der Waals surface area contributed by atoms with Gasteiger partial charge >= 0.3 is 0 Å². The fourth-order valence-electron chi connectivity index (χ4n) is 1.89. The van der Waals surface area contributed by atoms with Crippen molar-refractivity contribution in [1.82, 2.24) is 5.32 Å². The fourth-order valence-corrected chi connectivity index (χ4v) is 3.44. The number of halogens is 3. The molecule has 0 fully saturated rings. The van der Waals surface area contributed by atoms with E-state index in [1.165, 1.54) is 12.1 Å². The highest BCUT2D eigenvalue weighted by molar-refractivity contribution is 9.10. The molecule has 19 heavy (non-hydrogen) atoms. The summed E-state index contributed by atoms with van der Waals surface area (Å²) in [6.45, 7) is 2.88. The first-order valence-corrected chi connectivity index (χ1v) is 7.77. The van der Waals surface area contributed by atoms with E-state index in [1.807, 2.05) is 10.8 Å². The Morgan fingerprint density at radius 3 is 2.63 bits per heavy atom. The third kappa shape index (κ3) is 3.41. The molecule has 0 saturated carbocycles. The summed E-state index contributed by atoms with van der Waals surface area (Å²) in [4.78, 5) is 0. The first kappa shape index (κ1) is 14.6. The Labute approximate surface area is 123 Å². The van der Waals surface area contributed by atoms with Crippen molar-refractivity contribution in [1.29, 1.82) is 0 Å². The van der Waals surface area contributed by atoms with Gasteiger partial charge in [0.25, 0.3) is 0 Å². The van der Waals surface area contributed by atoms with Gasteiger partial charge in [-0.1, -0.05) is 13.0 Å². The van der Waals surface area contributed by atoms with E-state index >= 15 is 0 Å². The fraction of sp³-hybridized carbons (Fsp3) is 0.286. The molecule has 0 aliphatic carbocycles. The quantitative estimate of drug-likeness (QED) is 0.814. The molecular weight excluding hydrogens is 332 g/mol. The van der Waals surface area contributed by atoms with Crippen molar-refractivity contribution >= 4 is 27.3 Å². The Bertz CT molecular complexity index is 556. The molecule has 0 saturated heterocycles. The SMILES string of the molecule is CCCNC(c1ccc(F)c(F)c1)c1cscc1Br. The molecule has 2 aromatic rings. The van der Waals surface area contributed by atoms with Crippen LogP contribution in [0.5, 0.6) is 0 Å². The summed E-state index contributed by atoms with van der Waals surface area (Å²) in [5.74, 6) is -1.63. The molecule has 1 atom stereocenters. The molecule has 1 heterocycles. The minimum atomic E-state index is -0.817. The van der Waals surface area contributed by atoms with Crippen molar-refractivity contribution in [3.8, 4) is 0 Å². The summed E-state index contributed by atoms with van der Waals surface area (Å²) in [5, 5.41) is 7.36. The lowest BCUT2D eigenvalue weighted by atomic mass is 10.0. The third-order valence-electron chi connectivity index (χ3n) is 2.83. The summed E-state index contributed by atoms with van der Waals surface area (Å²) < 4.78 is 27.4. The van der Waals surface area contributed by atoms with Crippen LogP contribution in [0.4, 0.5) is 8.78 Å². The van der Waals surface area contributed by atoms with Crippen LogP contribution in [-0.4, -0.2) is 6.54 Å². The number of thiophene rings is 1. The summed E-state index contributed by atoms with van der Waals surface area (Å²) in [7, 11) is 0. The Hall–Kier alpha value is -0.780. The molecular formula is C14H14BrF2NS. The van der Waals surface area contributed by atoms with Crippen LogP contribution in [0.2, 0.25) is 0 Å². The lowest BCUT2D eigenvalue weighted by Crippen LogP contribution is -2.23. The Balaban J connectivity index is 2.37. The first-order valence-electron chi connectivity index (χ1n) is 6.03. The van der Waals surface area contributed by atoms with Gasteiger partial charge in [0.2, 0.25) is 0 Å². The second kappa shape index (κ2) is 6.59. The van der Waals surface area contributed by atoms with Gasteiger partial charge in [0.1, 0.15) is 0 Å². The van der Waals surface area contributed by atoms with Crippen LogP contribution in [0.25, 0.3) is 0 Å². The van der Waals surface area contributed by atoms with E-state index in [2.05, 4.69) is 28.2 Å². The van der Waals surface area contributed by atoms with E-state index < -0.39 is 11.6 Å². The lowest BCUT2D eigenvalue weighted by Gasteiger charge is -2.19. The van der Waals surface area contributed by atoms with E-state index in [0.29, 0.717) is 0 Å². The number of hydrogen-bond donors (Lipinski definition) is 1. The van der Waals surface area contributed by atoms with Gasteiger partial charge in [0, 0.05) is 9.85 Å². The molecule has 1 N–H and O–H groups in total. The van der Waals surface area contributed by atoms with Gasteiger partial charge in [-0.15, -0.1) is 0 Å². The highest BCUT2D eigenvalue weighted by Crippen LogP contribution is 2.32. The molecule has 1 nitrogen and oxygen atoms in total. The van der Waals surface area contributed by atoms with Crippen molar-refractivity contribution in [2.45, 2.75) is 19.4 Å². The summed E-state index contributed by atoms with van der Waals surface area (Å²) >= 11 is 5.07. The zero-order valence-electron chi connectivity index (χ0n) is 10.4. The van der Waals surface area contributed by atoms with E-state index in [0.717, 1.165) is 28.6 Å². The molecule has 0 aliphatic rings. The molecule has 0 bridgehead atoms. The van der Waals surface area contributed by atoms with Crippen LogP contribution >= 0.6 is 27.3 Å². The summed E-state index contributed by atoms with van der Waals surface area (Å²) in [6, 6.07) is 3.92. The Kier molecular flexibility index (Phi) is 5.07. The van der Waals surface area contributed by atoms with Crippen LogP contribution in [0.1, 0.15) is 30.5 Å². The van der Waals surface area contributed by atoms with Crippen LogP contribution in [0, 0.1) is 11.6 Å². The molecule has 1 unspecified atom stereocenters. The average molecular weight is 346 g/mol. The Morgan fingerprint density at radius 1 is 1.26 bits per heavy atom. The number of nitrogens with one attached hydrogen (secondary N) is 1. The summed E-state index contributed by atoms with van der Waals surface area (Å²) in [5.41, 5.74) is 1.77. The zero-order chi connectivity index (χ0) is 13.8. The van der Waals surface area contributed by atoms with Crippen molar-refractivity contribution in [2.24, 2.45) is 0 Å². The lowest BCUT2D eigenvalue weighted by molar-refractivity contribution is 0.503. The molecule has 2 rings (SSSR count). The van der Waals surface area contributed by atoms with E-state index in [9.17, 15) is 8.78 Å². The minimum Gasteiger partial charge on any atom is -0.306 e. The summed E-state index contributed by atoms with van der Waals surface area (Å²) in [6.07, 6.45) is 0.974. The minimum absolute atomic E-state index is 0.129. The van der Waals surface area contributed by atoms with Gasteiger partial charge in [0.05, 0.1) is 6.04 Å². The normalized spacial score (nSPS) is 12.6. The van der Waals surface area contributed by atoms with Crippen LogP contribution < -0.4 is 5.32 Å². The predicted molar refractivity (Wildman–Crippen MR) is 78.5 cm³/mol. The predicted octanol–water partition coefficient (Wildman–Crippen LogP) is 4.88. The number of rotatable bonds is 5. The third-order valence-corrected chi connectivity index (χ3v) is 4.58. The van der Waals surface area contributed by atoms with Crippen molar-refractivity contribution in [2.75, 3.05) is 6.54 Å². The van der Waals surface area contributed by atoms with Gasteiger partial charge in [-0.05, 0) is 57.5 Å². The van der Waals surface area contributed by atoms with E-state index in [4.69, 9.17) is 0 Å². The molecule has 5 heteroatoms. The molecule has 1 aromatic carbocycles. The highest BCUT2D eigenvalue weighted by atomic mass is 79.9. The molecule has 0 amide bonds. The van der Waals surface area contributed by atoms with Crippen LogP contribution in [0.15, 0.2) is 33.4 Å². The smallest absolute Gasteiger partial charge is 0.159 e. The van der Waals surface area contributed by atoms with Crippen LogP contribution in [-0.2, 0) is 0 Å². The van der Waals surface area contributed by atoms with Crippen molar-refractivity contribution in [3.05, 3.63) is 56.2 Å². The van der Waals surface area contributed by atoms with Crippen LogP contribution in [0.3, 0.4) is 0 Å². The van der Waals surface area contributed by atoms with E-state index in [1.54, 1.807) is 17.4 Å². The zero-order valence-corrected chi connectivity index (χ0v) is 12.8. The maximum atomic E-state index is 13.4. The average Bonchev–Trinajstić information content (AvgIpc) is 2.80. The Morgan fingerprint density at radius 2 is 2.05 bits per heavy atom. The molecule has 0 radical (unpaired) electrons. The second-order valence-corrected chi connectivity index (χ2v) is 5.83. The molecule has 0 spiro atoms. The standard InChI is InChI=1S/C14H14BrF2NS/c1-2-5-18-14(10-7-19-8-11(10)15)9-3-4-12(16)13(17)6-9/h3-4,6-8,14,18H,2,5H2,1H3. The number of benzene rings is 1. The second-order valence-electron chi connectivity index (χ2n) is 4.24. The van der Waals surface area contributed by atoms with Crippen molar-refractivity contribution < 1.29 is 8.78 Å². The van der Waals surface area contributed by atoms with Gasteiger partial charge in [-0.2, -0.15) is 11.3 Å². The highest BCUT2D eigenvalue weighted by Gasteiger charge is 2.18. The van der Waals surface area contributed by atoms with Crippen molar-refractivity contribution in [3.63, 3.8) is 0 Å².